The number of rotatable bonds is 7. The van der Waals surface area contributed by atoms with Crippen LogP contribution in [0.2, 0.25) is 0 Å². The summed E-state index contributed by atoms with van der Waals surface area (Å²) in [7, 11) is 0. The van der Waals surface area contributed by atoms with Crippen LogP contribution in [-0.4, -0.2) is 36.8 Å². The molecular weight excluding hydrogens is 408 g/mol. The van der Waals surface area contributed by atoms with Crippen LogP contribution in [0.25, 0.3) is 0 Å². The lowest BCUT2D eigenvalue weighted by molar-refractivity contribution is -0.124. The SMILES string of the molecule is O=C(COC(=O)c1ccc(N2C(=O)c3ccccc3C2=O)cc1)NCCc1ccccc1. The quantitative estimate of drug-likeness (QED) is 0.461. The molecule has 3 amide bonds. The number of esters is 1. The van der Waals surface area contributed by atoms with E-state index >= 15 is 0 Å². The number of benzene rings is 3. The number of anilines is 1. The number of imide groups is 1. The van der Waals surface area contributed by atoms with E-state index in [2.05, 4.69) is 5.32 Å². The molecule has 0 fully saturated rings. The Hall–Kier alpha value is -4.26. The van der Waals surface area contributed by atoms with Crippen LogP contribution in [-0.2, 0) is 16.0 Å². The fourth-order valence-corrected chi connectivity index (χ4v) is 3.43. The highest BCUT2D eigenvalue weighted by atomic mass is 16.5. The average molecular weight is 428 g/mol. The van der Waals surface area contributed by atoms with E-state index in [4.69, 9.17) is 4.74 Å². The lowest BCUT2D eigenvalue weighted by atomic mass is 10.1. The van der Waals surface area contributed by atoms with Gasteiger partial charge in [0.15, 0.2) is 6.61 Å². The molecule has 0 spiro atoms. The van der Waals surface area contributed by atoms with Gasteiger partial charge in [-0.1, -0.05) is 42.5 Å². The first-order valence-corrected chi connectivity index (χ1v) is 10.1. The van der Waals surface area contributed by atoms with E-state index < -0.39 is 30.3 Å². The number of fused-ring (bicyclic) bond motifs is 1. The third-order valence-electron chi connectivity index (χ3n) is 5.07. The minimum Gasteiger partial charge on any atom is -0.452 e. The first kappa shape index (κ1) is 21.0. The van der Waals surface area contributed by atoms with E-state index in [9.17, 15) is 19.2 Å². The number of hydrogen-bond donors (Lipinski definition) is 1. The fraction of sp³-hybridized carbons (Fsp3) is 0.120. The van der Waals surface area contributed by atoms with Crippen LogP contribution in [0.1, 0.15) is 36.6 Å². The second-order valence-electron chi connectivity index (χ2n) is 7.20. The van der Waals surface area contributed by atoms with Crippen molar-refractivity contribution in [3.05, 3.63) is 101 Å². The topological polar surface area (TPSA) is 92.8 Å². The summed E-state index contributed by atoms with van der Waals surface area (Å²) in [5, 5.41) is 2.70. The molecule has 0 saturated carbocycles. The highest BCUT2D eigenvalue weighted by molar-refractivity contribution is 6.34. The smallest absolute Gasteiger partial charge is 0.338 e. The number of nitrogens with zero attached hydrogens (tertiary/aromatic N) is 1. The van der Waals surface area contributed by atoms with Crippen molar-refractivity contribution in [1.82, 2.24) is 5.32 Å². The first-order valence-electron chi connectivity index (χ1n) is 10.1. The molecule has 1 heterocycles. The Kier molecular flexibility index (Phi) is 6.07. The Morgan fingerprint density at radius 1 is 0.781 bits per heavy atom. The zero-order valence-electron chi connectivity index (χ0n) is 17.1. The van der Waals surface area contributed by atoms with Crippen molar-refractivity contribution < 1.29 is 23.9 Å². The Balaban J connectivity index is 1.29. The molecule has 7 heteroatoms. The maximum atomic E-state index is 12.5. The molecule has 0 saturated heterocycles. The summed E-state index contributed by atoms with van der Waals surface area (Å²) in [6, 6.07) is 22.2. The van der Waals surface area contributed by atoms with Crippen LogP contribution in [0.15, 0.2) is 78.9 Å². The lowest BCUT2D eigenvalue weighted by Crippen LogP contribution is -2.30. The van der Waals surface area contributed by atoms with E-state index in [0.29, 0.717) is 29.8 Å². The minimum absolute atomic E-state index is 0.211. The summed E-state index contributed by atoms with van der Waals surface area (Å²) >= 11 is 0. The second kappa shape index (κ2) is 9.26. The van der Waals surface area contributed by atoms with Crippen molar-refractivity contribution in [2.24, 2.45) is 0 Å². The summed E-state index contributed by atoms with van der Waals surface area (Å²) in [6.45, 7) is 0.0448. The number of carbonyl (C=O) groups is 4. The highest BCUT2D eigenvalue weighted by Gasteiger charge is 2.36. The Morgan fingerprint density at radius 3 is 2.00 bits per heavy atom. The highest BCUT2D eigenvalue weighted by Crippen LogP contribution is 2.28. The number of amides is 3. The maximum Gasteiger partial charge on any atom is 0.338 e. The van der Waals surface area contributed by atoms with Gasteiger partial charge in [0, 0.05) is 6.54 Å². The molecule has 160 valence electrons. The van der Waals surface area contributed by atoms with Gasteiger partial charge in [0.05, 0.1) is 22.4 Å². The summed E-state index contributed by atoms with van der Waals surface area (Å²) in [4.78, 5) is 50.3. The largest absolute Gasteiger partial charge is 0.452 e. The predicted octanol–water partition coefficient (Wildman–Crippen LogP) is 3.00. The molecule has 0 aromatic heterocycles. The molecule has 1 aliphatic rings. The average Bonchev–Trinajstić information content (AvgIpc) is 3.08. The van der Waals surface area contributed by atoms with Crippen LogP contribution in [0.3, 0.4) is 0 Å². The van der Waals surface area contributed by atoms with Gasteiger partial charge in [0.25, 0.3) is 17.7 Å². The molecule has 3 aromatic carbocycles. The molecule has 1 aliphatic heterocycles. The second-order valence-corrected chi connectivity index (χ2v) is 7.20. The molecular formula is C25H20N2O5. The monoisotopic (exact) mass is 428 g/mol. The Bertz CT molecular complexity index is 1140. The first-order chi connectivity index (χ1) is 15.5. The van der Waals surface area contributed by atoms with Gasteiger partial charge in [-0.25, -0.2) is 9.69 Å². The molecule has 0 unspecified atom stereocenters. The standard InChI is InChI=1S/C25H20N2O5/c28-22(26-15-14-17-6-2-1-3-7-17)16-32-25(31)18-10-12-19(13-11-18)27-23(29)20-8-4-5-9-21(20)24(27)30/h1-13H,14-16H2,(H,26,28). The lowest BCUT2D eigenvalue weighted by Gasteiger charge is -2.14. The van der Waals surface area contributed by atoms with Crippen molar-refractivity contribution >= 4 is 29.4 Å². The van der Waals surface area contributed by atoms with Gasteiger partial charge in [0.2, 0.25) is 0 Å². The van der Waals surface area contributed by atoms with E-state index in [1.165, 1.54) is 24.3 Å². The number of carbonyl (C=O) groups excluding carboxylic acids is 4. The normalized spacial score (nSPS) is 12.4. The third kappa shape index (κ3) is 4.41. The predicted molar refractivity (Wildman–Crippen MR) is 117 cm³/mol. The molecule has 3 aromatic rings. The van der Waals surface area contributed by atoms with Gasteiger partial charge in [-0.2, -0.15) is 0 Å². The fourth-order valence-electron chi connectivity index (χ4n) is 3.43. The Morgan fingerprint density at radius 2 is 1.38 bits per heavy atom. The number of nitrogens with one attached hydrogen (secondary N) is 1. The number of ether oxygens (including phenoxy) is 1. The van der Waals surface area contributed by atoms with Gasteiger partial charge >= 0.3 is 5.97 Å². The molecule has 32 heavy (non-hydrogen) atoms. The van der Waals surface area contributed by atoms with Gasteiger partial charge in [-0.05, 0) is 48.4 Å². The molecule has 0 radical (unpaired) electrons. The third-order valence-corrected chi connectivity index (χ3v) is 5.07. The van der Waals surface area contributed by atoms with E-state index in [0.717, 1.165) is 10.5 Å². The number of hydrogen-bond acceptors (Lipinski definition) is 5. The summed E-state index contributed by atoms with van der Waals surface area (Å²) in [5.74, 6) is -1.88. The molecule has 7 nitrogen and oxygen atoms in total. The molecule has 0 aliphatic carbocycles. The van der Waals surface area contributed by atoms with Crippen molar-refractivity contribution in [1.29, 1.82) is 0 Å². The van der Waals surface area contributed by atoms with Gasteiger partial charge in [0.1, 0.15) is 0 Å². The molecule has 1 N–H and O–H groups in total. The summed E-state index contributed by atoms with van der Waals surface area (Å²) in [6.07, 6.45) is 0.680. The van der Waals surface area contributed by atoms with Crippen LogP contribution in [0, 0.1) is 0 Å². The van der Waals surface area contributed by atoms with E-state index in [1.807, 2.05) is 30.3 Å². The maximum absolute atomic E-state index is 12.5. The van der Waals surface area contributed by atoms with Crippen LogP contribution >= 0.6 is 0 Å². The minimum atomic E-state index is -0.669. The zero-order valence-corrected chi connectivity index (χ0v) is 17.1. The van der Waals surface area contributed by atoms with Crippen LogP contribution < -0.4 is 10.2 Å². The van der Waals surface area contributed by atoms with Crippen molar-refractivity contribution in [2.45, 2.75) is 6.42 Å². The van der Waals surface area contributed by atoms with Crippen molar-refractivity contribution in [3.8, 4) is 0 Å². The van der Waals surface area contributed by atoms with Crippen LogP contribution in [0.4, 0.5) is 5.69 Å². The molecule has 4 rings (SSSR count). The van der Waals surface area contributed by atoms with Crippen molar-refractivity contribution in [3.63, 3.8) is 0 Å². The molecule has 0 atom stereocenters. The van der Waals surface area contributed by atoms with Gasteiger partial charge in [-0.15, -0.1) is 0 Å². The summed E-state index contributed by atoms with van der Waals surface area (Å²) < 4.78 is 5.05. The van der Waals surface area contributed by atoms with Gasteiger partial charge in [-0.3, -0.25) is 14.4 Å². The van der Waals surface area contributed by atoms with Gasteiger partial charge < -0.3 is 10.1 Å². The van der Waals surface area contributed by atoms with E-state index in [-0.39, 0.29) is 5.56 Å². The van der Waals surface area contributed by atoms with Crippen LogP contribution in [0.5, 0.6) is 0 Å². The van der Waals surface area contributed by atoms with Crippen molar-refractivity contribution in [2.75, 3.05) is 18.1 Å². The summed E-state index contributed by atoms with van der Waals surface area (Å²) in [5.41, 5.74) is 2.36. The molecule has 0 bridgehead atoms. The van der Waals surface area contributed by atoms with E-state index in [1.54, 1.807) is 24.3 Å². The zero-order chi connectivity index (χ0) is 22.5. The Labute approximate surface area is 184 Å².